The lowest BCUT2D eigenvalue weighted by Gasteiger charge is -2.14. The van der Waals surface area contributed by atoms with Crippen LogP contribution >= 0.6 is 0 Å². The van der Waals surface area contributed by atoms with Gasteiger partial charge in [-0.2, -0.15) is 0 Å². The van der Waals surface area contributed by atoms with Gasteiger partial charge >= 0.3 is 0 Å². The third kappa shape index (κ3) is 1.92. The van der Waals surface area contributed by atoms with Crippen molar-refractivity contribution in [1.29, 1.82) is 0 Å². The number of para-hydroxylation sites is 1. The Bertz CT molecular complexity index is 302. The molecule has 1 aromatic rings. The Morgan fingerprint density at radius 1 is 1.46 bits per heavy atom. The molecule has 1 atom stereocenters. The van der Waals surface area contributed by atoms with Crippen LogP contribution in [0, 0.1) is 6.92 Å². The zero-order valence-electron chi connectivity index (χ0n) is 8.50. The third-order valence-corrected chi connectivity index (χ3v) is 2.29. The Kier molecular flexibility index (Phi) is 3.13. The lowest BCUT2D eigenvalue weighted by Crippen LogP contribution is -1.96. The molecule has 0 aliphatic heterocycles. The van der Waals surface area contributed by atoms with Gasteiger partial charge in [-0.1, -0.05) is 31.2 Å². The summed E-state index contributed by atoms with van der Waals surface area (Å²) in [5.74, 6) is 1.32. The molecule has 1 rings (SSSR count). The number of allylic oxidation sites excluding steroid dienone is 1. The number of ether oxygens (including phenoxy) is 1. The summed E-state index contributed by atoms with van der Waals surface area (Å²) in [6, 6.07) is 6.18. The molecule has 0 saturated heterocycles. The van der Waals surface area contributed by atoms with Gasteiger partial charge in [0.25, 0.3) is 0 Å². The summed E-state index contributed by atoms with van der Waals surface area (Å²) in [7, 11) is 1.71. The Balaban J connectivity index is 3.19. The van der Waals surface area contributed by atoms with Gasteiger partial charge in [-0.05, 0) is 12.5 Å². The first-order valence-corrected chi connectivity index (χ1v) is 4.46. The Morgan fingerprint density at radius 2 is 2.15 bits per heavy atom. The van der Waals surface area contributed by atoms with Gasteiger partial charge in [-0.25, -0.2) is 0 Å². The van der Waals surface area contributed by atoms with Gasteiger partial charge in [0, 0.05) is 11.5 Å². The highest BCUT2D eigenvalue weighted by Crippen LogP contribution is 2.29. The van der Waals surface area contributed by atoms with Crippen molar-refractivity contribution in [2.24, 2.45) is 0 Å². The summed E-state index contributed by atoms with van der Waals surface area (Å²) in [5, 5.41) is 0. The van der Waals surface area contributed by atoms with E-state index in [-0.39, 0.29) is 0 Å². The van der Waals surface area contributed by atoms with Gasteiger partial charge in [0.2, 0.25) is 0 Å². The smallest absolute Gasteiger partial charge is 0.125 e. The molecule has 1 nitrogen and oxygen atoms in total. The highest BCUT2D eigenvalue weighted by Gasteiger charge is 2.09. The summed E-state index contributed by atoms with van der Waals surface area (Å²) in [5.41, 5.74) is 2.38. The monoisotopic (exact) mass is 176 g/mol. The number of aryl methyl sites for hydroxylation is 1. The van der Waals surface area contributed by atoms with Crippen molar-refractivity contribution in [3.63, 3.8) is 0 Å². The normalized spacial score (nSPS) is 12.2. The number of rotatable bonds is 3. The molecule has 0 bridgehead atoms. The fraction of sp³-hybridized carbons (Fsp3) is 0.333. The van der Waals surface area contributed by atoms with E-state index in [1.54, 1.807) is 7.11 Å². The van der Waals surface area contributed by atoms with E-state index in [0.29, 0.717) is 5.92 Å². The predicted octanol–water partition coefficient (Wildman–Crippen LogP) is 3.29. The second kappa shape index (κ2) is 4.13. The molecule has 0 amide bonds. The van der Waals surface area contributed by atoms with Crippen LogP contribution in [0.4, 0.5) is 0 Å². The maximum atomic E-state index is 5.35. The maximum absolute atomic E-state index is 5.35. The molecule has 70 valence electrons. The van der Waals surface area contributed by atoms with Crippen LogP contribution in [0.15, 0.2) is 30.9 Å². The van der Waals surface area contributed by atoms with Crippen molar-refractivity contribution in [1.82, 2.24) is 0 Å². The molecule has 0 aromatic heterocycles. The molecule has 0 radical (unpaired) electrons. The molecule has 1 unspecified atom stereocenters. The molecule has 0 saturated carbocycles. The lowest BCUT2D eigenvalue weighted by atomic mass is 9.98. The van der Waals surface area contributed by atoms with Crippen LogP contribution in [0.1, 0.15) is 24.0 Å². The molecule has 0 aliphatic rings. The van der Waals surface area contributed by atoms with Gasteiger partial charge in [0.1, 0.15) is 5.75 Å². The zero-order chi connectivity index (χ0) is 9.84. The molecule has 13 heavy (non-hydrogen) atoms. The van der Waals surface area contributed by atoms with E-state index < -0.39 is 0 Å². The second-order valence-corrected chi connectivity index (χ2v) is 3.22. The van der Waals surface area contributed by atoms with Gasteiger partial charge < -0.3 is 4.74 Å². The highest BCUT2D eigenvalue weighted by atomic mass is 16.5. The summed E-state index contributed by atoms with van der Waals surface area (Å²) in [6.45, 7) is 7.96. The maximum Gasteiger partial charge on any atom is 0.125 e. The fourth-order valence-electron chi connectivity index (χ4n) is 1.44. The first-order chi connectivity index (χ1) is 6.20. The van der Waals surface area contributed by atoms with Gasteiger partial charge in [-0.15, -0.1) is 6.58 Å². The predicted molar refractivity (Wildman–Crippen MR) is 56.3 cm³/mol. The quantitative estimate of drug-likeness (QED) is 0.642. The number of benzene rings is 1. The summed E-state index contributed by atoms with van der Waals surface area (Å²) in [4.78, 5) is 0. The van der Waals surface area contributed by atoms with E-state index in [1.165, 1.54) is 11.1 Å². The molecular formula is C12H16O. The average molecular weight is 176 g/mol. The second-order valence-electron chi connectivity index (χ2n) is 3.22. The van der Waals surface area contributed by atoms with E-state index in [2.05, 4.69) is 32.6 Å². The third-order valence-electron chi connectivity index (χ3n) is 2.29. The van der Waals surface area contributed by atoms with Crippen molar-refractivity contribution < 1.29 is 4.74 Å². The Labute approximate surface area is 80.0 Å². The minimum Gasteiger partial charge on any atom is -0.496 e. The zero-order valence-corrected chi connectivity index (χ0v) is 8.50. The number of hydrogen-bond donors (Lipinski definition) is 0. The van der Waals surface area contributed by atoms with E-state index in [4.69, 9.17) is 4.74 Å². The van der Waals surface area contributed by atoms with E-state index in [0.717, 1.165) is 5.75 Å². The van der Waals surface area contributed by atoms with Gasteiger partial charge in [-0.3, -0.25) is 0 Å². The average Bonchev–Trinajstić information content (AvgIpc) is 2.16. The molecule has 0 aliphatic carbocycles. The van der Waals surface area contributed by atoms with Crippen LogP contribution in [0.3, 0.4) is 0 Å². The topological polar surface area (TPSA) is 9.23 Å². The van der Waals surface area contributed by atoms with E-state index >= 15 is 0 Å². The van der Waals surface area contributed by atoms with E-state index in [1.807, 2.05) is 12.1 Å². The standard InChI is InChI=1S/C12H16O/c1-5-9(2)11-8-6-7-10(3)12(11)13-4/h5-9H,1H2,2-4H3. The Morgan fingerprint density at radius 3 is 2.69 bits per heavy atom. The Hall–Kier alpha value is -1.24. The van der Waals surface area contributed by atoms with Crippen LogP contribution in [0.2, 0.25) is 0 Å². The number of hydrogen-bond acceptors (Lipinski definition) is 1. The first kappa shape index (κ1) is 9.85. The van der Waals surface area contributed by atoms with Crippen LogP contribution in [0.5, 0.6) is 5.75 Å². The van der Waals surface area contributed by atoms with Crippen molar-refractivity contribution in [2.45, 2.75) is 19.8 Å². The molecule has 0 N–H and O–H groups in total. The minimum absolute atomic E-state index is 0.342. The SMILES string of the molecule is C=CC(C)c1cccc(C)c1OC. The molecule has 0 fully saturated rings. The molecule has 1 heteroatoms. The van der Waals surface area contributed by atoms with Crippen LogP contribution in [-0.2, 0) is 0 Å². The summed E-state index contributed by atoms with van der Waals surface area (Å²) in [6.07, 6.45) is 1.93. The van der Waals surface area contributed by atoms with Crippen LogP contribution < -0.4 is 4.74 Å². The van der Waals surface area contributed by atoms with Crippen LogP contribution in [-0.4, -0.2) is 7.11 Å². The fourth-order valence-corrected chi connectivity index (χ4v) is 1.44. The van der Waals surface area contributed by atoms with Crippen molar-refractivity contribution >= 4 is 0 Å². The largest absolute Gasteiger partial charge is 0.496 e. The van der Waals surface area contributed by atoms with Crippen LogP contribution in [0.25, 0.3) is 0 Å². The molecule has 0 spiro atoms. The highest BCUT2D eigenvalue weighted by molar-refractivity contribution is 5.43. The molecular weight excluding hydrogens is 160 g/mol. The van der Waals surface area contributed by atoms with Crippen molar-refractivity contribution in [3.05, 3.63) is 42.0 Å². The van der Waals surface area contributed by atoms with Gasteiger partial charge in [0.05, 0.1) is 7.11 Å². The summed E-state index contributed by atoms with van der Waals surface area (Å²) >= 11 is 0. The number of methoxy groups -OCH3 is 1. The van der Waals surface area contributed by atoms with Crippen molar-refractivity contribution in [2.75, 3.05) is 7.11 Å². The minimum atomic E-state index is 0.342. The molecule has 0 heterocycles. The van der Waals surface area contributed by atoms with E-state index in [9.17, 15) is 0 Å². The lowest BCUT2D eigenvalue weighted by molar-refractivity contribution is 0.405. The van der Waals surface area contributed by atoms with Crippen molar-refractivity contribution in [3.8, 4) is 5.75 Å². The molecule has 1 aromatic carbocycles. The van der Waals surface area contributed by atoms with Gasteiger partial charge in [0.15, 0.2) is 0 Å². The summed E-state index contributed by atoms with van der Waals surface area (Å²) < 4.78 is 5.35. The first-order valence-electron chi connectivity index (χ1n) is 4.46.